The predicted molar refractivity (Wildman–Crippen MR) is 356 cm³/mol. The molecular weight excluding hydrogens is 1740 g/mol. The van der Waals surface area contributed by atoms with E-state index < -0.39 is 0 Å². The first-order valence-electron chi connectivity index (χ1n) is 12.0. The minimum atomic E-state index is 0.194. The highest BCUT2D eigenvalue weighted by atomic mass is 35.6. The second kappa shape index (κ2) is 440. The highest BCUT2D eigenvalue weighted by molar-refractivity contribution is 6.46. The van der Waals surface area contributed by atoms with E-state index in [1.807, 2.05) is 0 Å². The van der Waals surface area contributed by atoms with Crippen LogP contribution in [0.5, 0.6) is 0 Å². The standard InChI is InChI=1S/20CH2Cl2.3CH4O/c20*2-1-3;3*1-2/h20*1H2;3*2H,1H3. The summed E-state index contributed by atoms with van der Waals surface area (Å²) in [5, 5.41) is 24.9. The first-order valence-corrected chi connectivity index (χ1v) is 33.4. The molecule has 0 aliphatic heterocycles. The average Bonchev–Trinajstić information content (AvgIpc) is 3.23. The monoisotopic (exact) mass is 1780 g/mol. The zero-order valence-electron chi connectivity index (χ0n) is 33.6. The van der Waals surface area contributed by atoms with Gasteiger partial charge in [0.2, 0.25) is 0 Å². The second-order valence-corrected chi connectivity index (χ2v) is 18.2. The van der Waals surface area contributed by atoms with Gasteiger partial charge < -0.3 is 15.3 Å². The van der Waals surface area contributed by atoms with Crippen LogP contribution < -0.4 is 0 Å². The average molecular weight is 1790 g/mol. The molecule has 0 heterocycles. The molecule has 3 N–H and O–H groups in total. The minimum Gasteiger partial charge on any atom is -0.400 e. The quantitative estimate of drug-likeness (QED) is 0.212. The molecule has 0 saturated carbocycles. The van der Waals surface area contributed by atoms with Crippen LogP contribution >= 0.6 is 464 Å². The lowest BCUT2D eigenvalue weighted by atomic mass is 11.8. The van der Waals surface area contributed by atoms with E-state index in [-0.39, 0.29) is 107 Å². The molecule has 0 unspecified atom stereocenters. The van der Waals surface area contributed by atoms with Crippen LogP contribution in [0.4, 0.5) is 0 Å². The van der Waals surface area contributed by atoms with Gasteiger partial charge in [0.25, 0.3) is 0 Å². The van der Waals surface area contributed by atoms with Gasteiger partial charge in [0.05, 0.1) is 107 Å². The van der Waals surface area contributed by atoms with Crippen molar-refractivity contribution in [2.24, 2.45) is 0 Å². The Labute approximate surface area is 597 Å². The molecule has 0 atom stereocenters. The molecule has 442 valence electrons. The van der Waals surface area contributed by atoms with Crippen LogP contribution in [-0.4, -0.2) is 143 Å². The molecule has 0 aliphatic carbocycles. The van der Waals surface area contributed by atoms with Gasteiger partial charge in [-0.25, -0.2) is 0 Å². The van der Waals surface area contributed by atoms with Gasteiger partial charge in [0.1, 0.15) is 0 Å². The Balaban J connectivity index is -0.0000000140. The van der Waals surface area contributed by atoms with E-state index in [2.05, 4.69) is 0 Å². The topological polar surface area (TPSA) is 60.7 Å². The smallest absolute Gasteiger partial charge is 0.0967 e. The van der Waals surface area contributed by atoms with Crippen LogP contribution in [0.1, 0.15) is 0 Å². The van der Waals surface area contributed by atoms with E-state index in [9.17, 15) is 0 Å². The zero-order chi connectivity index (χ0) is 60.1. The fourth-order valence-electron chi connectivity index (χ4n) is 0. The van der Waals surface area contributed by atoms with Gasteiger partial charge in [-0.2, -0.15) is 0 Å². The van der Waals surface area contributed by atoms with Crippen LogP contribution in [0.3, 0.4) is 0 Å². The zero-order valence-corrected chi connectivity index (χ0v) is 63.8. The number of hydrogen-bond donors (Lipinski definition) is 3. The lowest BCUT2D eigenvalue weighted by Gasteiger charge is -1.42. The maximum Gasteiger partial charge on any atom is 0.0967 e. The highest BCUT2D eigenvalue weighted by Crippen LogP contribution is 1.78. The van der Waals surface area contributed by atoms with Crippen molar-refractivity contribution in [3.05, 3.63) is 0 Å². The maximum atomic E-state index is 7.00. The molecule has 0 fully saturated rings. The van der Waals surface area contributed by atoms with Crippen molar-refractivity contribution < 1.29 is 15.3 Å². The SMILES string of the molecule is CO.CO.CO.ClCCl.ClCCl.ClCCl.ClCCl.ClCCl.ClCCl.ClCCl.ClCCl.ClCCl.ClCCl.ClCCl.ClCCl.ClCCl.ClCCl.ClCCl.ClCCl.ClCCl.ClCCl.ClCCl.ClCCl. The summed E-state index contributed by atoms with van der Waals surface area (Å²) in [6.45, 7) is 0. The molecular formula is C23H52Cl40O3. The Bertz CT molecular complexity index is 164. The van der Waals surface area contributed by atoms with E-state index in [1.54, 1.807) is 0 Å². The Hall–Kier alpha value is 11.5. The lowest BCUT2D eigenvalue weighted by molar-refractivity contribution is 0.399. The van der Waals surface area contributed by atoms with Gasteiger partial charge in [0, 0.05) is 21.3 Å². The summed E-state index contributed by atoms with van der Waals surface area (Å²) in [6.07, 6.45) is 0. The number of alkyl halides is 40. The predicted octanol–water partition coefficient (Wildman–Crippen LogP) is 27.3. The number of rotatable bonds is 0. The van der Waals surface area contributed by atoms with Crippen LogP contribution in [0, 0.1) is 0 Å². The van der Waals surface area contributed by atoms with Crippen molar-refractivity contribution in [1.29, 1.82) is 0 Å². The number of halogens is 40. The molecule has 0 bridgehead atoms. The maximum absolute atomic E-state index is 7.00. The summed E-state index contributed by atoms with van der Waals surface area (Å²) in [5.41, 5.74) is 0. The van der Waals surface area contributed by atoms with Crippen LogP contribution in [0.2, 0.25) is 0 Å². The Kier molecular flexibility index (Phi) is 1020. The fourth-order valence-corrected chi connectivity index (χ4v) is 0. The van der Waals surface area contributed by atoms with E-state index in [4.69, 9.17) is 479 Å². The van der Waals surface area contributed by atoms with Crippen molar-refractivity contribution in [2.45, 2.75) is 0 Å². The largest absolute Gasteiger partial charge is 0.400 e. The summed E-state index contributed by atoms with van der Waals surface area (Å²) in [7, 11) is 3.00. The van der Waals surface area contributed by atoms with Gasteiger partial charge >= 0.3 is 0 Å². The molecule has 0 aromatic heterocycles. The molecule has 0 aromatic rings. The van der Waals surface area contributed by atoms with Crippen molar-refractivity contribution >= 4 is 464 Å². The number of aliphatic hydroxyl groups excluding tert-OH is 3. The van der Waals surface area contributed by atoms with E-state index in [1.165, 1.54) is 0 Å². The first kappa shape index (κ1) is 153. The van der Waals surface area contributed by atoms with Crippen molar-refractivity contribution in [3.8, 4) is 0 Å². The number of aliphatic hydroxyl groups is 3. The Morgan fingerprint density at radius 1 is 0.106 bits per heavy atom. The highest BCUT2D eigenvalue weighted by Gasteiger charge is 1.47. The molecule has 66 heavy (non-hydrogen) atoms. The molecule has 0 radical (unpaired) electrons. The molecule has 0 aliphatic rings. The molecule has 43 heteroatoms. The molecule has 0 amide bonds. The second-order valence-electron chi connectivity index (χ2n) is 2.02. The molecule has 0 aromatic carbocycles. The molecule has 0 saturated heterocycles. The van der Waals surface area contributed by atoms with Gasteiger partial charge in [-0.05, 0) is 0 Å². The molecule has 0 spiro atoms. The molecule has 0 rings (SSSR count). The van der Waals surface area contributed by atoms with E-state index in [0.717, 1.165) is 21.3 Å². The van der Waals surface area contributed by atoms with Crippen LogP contribution in [0.15, 0.2) is 0 Å². The van der Waals surface area contributed by atoms with E-state index >= 15 is 0 Å². The third kappa shape index (κ3) is 3180. The molecule has 3 nitrogen and oxygen atoms in total. The van der Waals surface area contributed by atoms with Crippen LogP contribution in [0.25, 0.3) is 0 Å². The third-order valence-electron chi connectivity index (χ3n) is 0. The number of hydrogen-bond acceptors (Lipinski definition) is 3. The first-order chi connectivity index (χ1) is 31.3. The Morgan fingerprint density at radius 3 is 0.106 bits per heavy atom. The lowest BCUT2D eigenvalue weighted by Crippen LogP contribution is -1.25. The Morgan fingerprint density at radius 2 is 0.106 bits per heavy atom. The van der Waals surface area contributed by atoms with Crippen LogP contribution in [-0.2, 0) is 0 Å². The fraction of sp³-hybridized carbons (Fsp3) is 1.00. The van der Waals surface area contributed by atoms with Gasteiger partial charge in [-0.15, -0.1) is 464 Å². The third-order valence-corrected chi connectivity index (χ3v) is 0. The normalized spacial score (nSPS) is 5.73. The van der Waals surface area contributed by atoms with Crippen molar-refractivity contribution in [1.82, 2.24) is 0 Å². The van der Waals surface area contributed by atoms with Gasteiger partial charge in [-0.3, -0.25) is 0 Å². The van der Waals surface area contributed by atoms with Crippen molar-refractivity contribution in [3.63, 3.8) is 0 Å². The van der Waals surface area contributed by atoms with Gasteiger partial charge in [-0.1, -0.05) is 0 Å². The minimum absolute atomic E-state index is 0.194. The summed E-state index contributed by atoms with van der Waals surface area (Å²) >= 11 is 191. The summed E-state index contributed by atoms with van der Waals surface area (Å²) in [6, 6.07) is 0. The van der Waals surface area contributed by atoms with Crippen molar-refractivity contribution in [2.75, 3.05) is 128 Å². The summed E-state index contributed by atoms with van der Waals surface area (Å²) in [5.74, 6) is 0. The summed E-state index contributed by atoms with van der Waals surface area (Å²) < 4.78 is 0. The van der Waals surface area contributed by atoms with E-state index in [0.29, 0.717) is 0 Å². The summed E-state index contributed by atoms with van der Waals surface area (Å²) in [4.78, 5) is 0. The van der Waals surface area contributed by atoms with Gasteiger partial charge in [0.15, 0.2) is 0 Å².